The number of rotatable bonds is 6. The Kier molecular flexibility index (Phi) is 4.03. The maximum Gasteiger partial charge on any atom is 0.0958 e. The van der Waals surface area contributed by atoms with Crippen LogP contribution in [0, 0.1) is 0 Å². The molecule has 0 saturated heterocycles. The zero-order valence-electron chi connectivity index (χ0n) is 12.8. The van der Waals surface area contributed by atoms with Crippen LogP contribution in [0.15, 0.2) is 61.2 Å². The molecule has 0 radical (unpaired) electrons. The SMILES string of the molecule is c1ccc2c(c1)ncn2CCSCCn1cnc2ccccc21. The Morgan fingerprint density at radius 1 is 0.696 bits per heavy atom. The van der Waals surface area contributed by atoms with Crippen LogP contribution in [0.5, 0.6) is 0 Å². The number of aryl methyl sites for hydroxylation is 2. The lowest BCUT2D eigenvalue weighted by molar-refractivity contribution is 0.782. The number of hydrogen-bond acceptors (Lipinski definition) is 3. The number of nitrogens with zero attached hydrogens (tertiary/aromatic N) is 4. The lowest BCUT2D eigenvalue weighted by Gasteiger charge is -2.06. The van der Waals surface area contributed by atoms with E-state index >= 15 is 0 Å². The van der Waals surface area contributed by atoms with Gasteiger partial charge in [-0.25, -0.2) is 9.97 Å². The van der Waals surface area contributed by atoms with Gasteiger partial charge in [-0.1, -0.05) is 24.3 Å². The molecule has 0 spiro atoms. The lowest BCUT2D eigenvalue weighted by Crippen LogP contribution is -2.02. The van der Waals surface area contributed by atoms with E-state index in [0.717, 1.165) is 35.6 Å². The molecule has 4 nitrogen and oxygen atoms in total. The van der Waals surface area contributed by atoms with Gasteiger partial charge in [0.25, 0.3) is 0 Å². The van der Waals surface area contributed by atoms with Crippen molar-refractivity contribution in [2.24, 2.45) is 0 Å². The Morgan fingerprint density at radius 2 is 1.17 bits per heavy atom. The quantitative estimate of drug-likeness (QED) is 0.506. The van der Waals surface area contributed by atoms with E-state index in [9.17, 15) is 0 Å². The third kappa shape index (κ3) is 2.97. The minimum atomic E-state index is 0.996. The molecule has 2 heterocycles. The summed E-state index contributed by atoms with van der Waals surface area (Å²) in [6.07, 6.45) is 3.88. The van der Waals surface area contributed by atoms with Crippen molar-refractivity contribution in [3.05, 3.63) is 61.2 Å². The topological polar surface area (TPSA) is 35.6 Å². The summed E-state index contributed by atoms with van der Waals surface area (Å²) in [5, 5.41) is 0. The number of thioether (sulfide) groups is 1. The maximum absolute atomic E-state index is 4.43. The van der Waals surface area contributed by atoms with Crippen molar-refractivity contribution >= 4 is 33.8 Å². The van der Waals surface area contributed by atoms with Gasteiger partial charge in [0, 0.05) is 24.6 Å². The molecule has 0 atom stereocenters. The van der Waals surface area contributed by atoms with E-state index in [-0.39, 0.29) is 0 Å². The highest BCUT2D eigenvalue weighted by atomic mass is 32.2. The normalized spacial score (nSPS) is 11.5. The second kappa shape index (κ2) is 6.46. The number of aromatic nitrogens is 4. The van der Waals surface area contributed by atoms with Crippen LogP contribution < -0.4 is 0 Å². The minimum Gasteiger partial charge on any atom is -0.330 e. The molecule has 5 heteroatoms. The molecule has 0 fully saturated rings. The van der Waals surface area contributed by atoms with E-state index < -0.39 is 0 Å². The summed E-state index contributed by atoms with van der Waals surface area (Å²) in [6.45, 7) is 1.99. The lowest BCUT2D eigenvalue weighted by atomic mass is 10.3. The zero-order valence-corrected chi connectivity index (χ0v) is 13.6. The molecule has 0 amide bonds. The van der Waals surface area contributed by atoms with Crippen LogP contribution in [0.25, 0.3) is 22.1 Å². The Bertz CT molecular complexity index is 849. The van der Waals surface area contributed by atoms with Gasteiger partial charge in [0.15, 0.2) is 0 Å². The van der Waals surface area contributed by atoms with Crippen molar-refractivity contribution in [2.75, 3.05) is 11.5 Å². The van der Waals surface area contributed by atoms with Crippen molar-refractivity contribution in [2.45, 2.75) is 13.1 Å². The van der Waals surface area contributed by atoms with E-state index in [2.05, 4.69) is 55.5 Å². The summed E-state index contributed by atoms with van der Waals surface area (Å²) in [5.74, 6) is 2.18. The molecule has 0 bridgehead atoms. The molecule has 2 aromatic carbocycles. The Balaban J connectivity index is 1.31. The molecular formula is C18H18N4S. The second-order valence-corrected chi connectivity index (χ2v) is 6.69. The number of fused-ring (bicyclic) bond motifs is 2. The standard InChI is InChI=1S/C18H18N4S/c1-3-7-17-15(5-1)19-13-21(17)9-11-23-12-10-22-14-20-16-6-2-4-8-18(16)22/h1-8,13-14H,9-12H2. The first-order valence-electron chi connectivity index (χ1n) is 7.79. The first-order chi connectivity index (χ1) is 11.4. The summed E-state index contributed by atoms with van der Waals surface area (Å²) in [6, 6.07) is 16.6. The van der Waals surface area contributed by atoms with E-state index in [1.165, 1.54) is 11.0 Å². The zero-order chi connectivity index (χ0) is 15.5. The summed E-state index contributed by atoms with van der Waals surface area (Å²) in [5.41, 5.74) is 4.58. The summed E-state index contributed by atoms with van der Waals surface area (Å²) in [4.78, 5) is 8.87. The van der Waals surface area contributed by atoms with Gasteiger partial charge in [0.1, 0.15) is 0 Å². The fraction of sp³-hybridized carbons (Fsp3) is 0.222. The summed E-state index contributed by atoms with van der Waals surface area (Å²) >= 11 is 1.97. The van der Waals surface area contributed by atoms with Gasteiger partial charge in [0.05, 0.1) is 34.7 Å². The van der Waals surface area contributed by atoms with Gasteiger partial charge in [-0.3, -0.25) is 0 Å². The van der Waals surface area contributed by atoms with Crippen molar-refractivity contribution in [1.82, 2.24) is 19.1 Å². The number of hydrogen-bond donors (Lipinski definition) is 0. The second-order valence-electron chi connectivity index (χ2n) is 5.47. The van der Waals surface area contributed by atoms with Gasteiger partial charge >= 0.3 is 0 Å². The molecule has 0 aliphatic rings. The van der Waals surface area contributed by atoms with Crippen LogP contribution >= 0.6 is 11.8 Å². The van der Waals surface area contributed by atoms with E-state index in [1.54, 1.807) is 0 Å². The van der Waals surface area contributed by atoms with Crippen LogP contribution in [0.4, 0.5) is 0 Å². The molecule has 0 aliphatic carbocycles. The molecule has 116 valence electrons. The van der Waals surface area contributed by atoms with Crippen molar-refractivity contribution in [3.63, 3.8) is 0 Å². The van der Waals surface area contributed by atoms with Crippen molar-refractivity contribution in [1.29, 1.82) is 0 Å². The molecular weight excluding hydrogens is 304 g/mol. The fourth-order valence-electron chi connectivity index (χ4n) is 2.80. The summed E-state index contributed by atoms with van der Waals surface area (Å²) < 4.78 is 4.46. The van der Waals surface area contributed by atoms with E-state index in [0.29, 0.717) is 0 Å². The molecule has 4 aromatic rings. The monoisotopic (exact) mass is 322 g/mol. The average Bonchev–Trinajstić information content (AvgIpc) is 3.19. The Labute approximate surface area is 139 Å². The molecule has 0 saturated carbocycles. The van der Waals surface area contributed by atoms with Crippen molar-refractivity contribution in [3.8, 4) is 0 Å². The average molecular weight is 322 g/mol. The highest BCUT2D eigenvalue weighted by Gasteiger charge is 2.02. The van der Waals surface area contributed by atoms with Crippen LogP contribution in [0.1, 0.15) is 0 Å². The predicted octanol–water partition coefficient (Wildman–Crippen LogP) is 3.82. The predicted molar refractivity (Wildman–Crippen MR) is 96.8 cm³/mol. The number of para-hydroxylation sites is 4. The Hall–Kier alpha value is -2.27. The summed E-state index contributed by atoms with van der Waals surface area (Å²) in [7, 11) is 0. The van der Waals surface area contributed by atoms with Crippen LogP contribution in [0.3, 0.4) is 0 Å². The third-order valence-corrected chi connectivity index (χ3v) is 4.95. The molecule has 2 aromatic heterocycles. The van der Waals surface area contributed by atoms with Gasteiger partial charge in [-0.2, -0.15) is 11.8 Å². The van der Waals surface area contributed by atoms with Crippen LogP contribution in [0.2, 0.25) is 0 Å². The highest BCUT2D eigenvalue weighted by molar-refractivity contribution is 7.99. The van der Waals surface area contributed by atoms with Gasteiger partial charge in [-0.15, -0.1) is 0 Å². The third-order valence-electron chi connectivity index (χ3n) is 4.01. The highest BCUT2D eigenvalue weighted by Crippen LogP contribution is 2.15. The van der Waals surface area contributed by atoms with Crippen LogP contribution in [-0.2, 0) is 13.1 Å². The largest absolute Gasteiger partial charge is 0.330 e. The molecule has 23 heavy (non-hydrogen) atoms. The van der Waals surface area contributed by atoms with Gasteiger partial charge < -0.3 is 9.13 Å². The Morgan fingerprint density at radius 3 is 1.70 bits per heavy atom. The smallest absolute Gasteiger partial charge is 0.0958 e. The van der Waals surface area contributed by atoms with Gasteiger partial charge in [0.2, 0.25) is 0 Å². The fourth-order valence-corrected chi connectivity index (χ4v) is 3.66. The maximum atomic E-state index is 4.43. The first kappa shape index (κ1) is 14.3. The van der Waals surface area contributed by atoms with Gasteiger partial charge in [-0.05, 0) is 24.3 Å². The van der Waals surface area contributed by atoms with E-state index in [1.807, 2.05) is 36.5 Å². The molecule has 4 rings (SSSR count). The number of benzene rings is 2. The first-order valence-corrected chi connectivity index (χ1v) is 8.95. The molecule has 0 N–H and O–H groups in total. The molecule has 0 unspecified atom stereocenters. The minimum absolute atomic E-state index is 0.996. The molecule has 0 aliphatic heterocycles. The van der Waals surface area contributed by atoms with E-state index in [4.69, 9.17) is 0 Å². The van der Waals surface area contributed by atoms with Crippen molar-refractivity contribution < 1.29 is 0 Å². The van der Waals surface area contributed by atoms with Crippen LogP contribution in [-0.4, -0.2) is 30.6 Å². The number of imidazole rings is 2.